The van der Waals surface area contributed by atoms with Crippen molar-refractivity contribution in [3.05, 3.63) is 199 Å². The number of hydrogen-bond acceptors (Lipinski definition) is 5. The molecular formula is C56H42N5OPt-3. The number of nitrogens with zero attached hydrogens (tertiary/aromatic N) is 5. The topological polar surface area (TPSA) is 57.3 Å². The van der Waals surface area contributed by atoms with Crippen molar-refractivity contribution in [2.24, 2.45) is 0 Å². The molecule has 0 bridgehead atoms. The first-order chi connectivity index (χ1) is 30.1. The zero-order chi connectivity index (χ0) is 42.3. The van der Waals surface area contributed by atoms with Crippen molar-refractivity contribution in [2.75, 3.05) is 9.80 Å². The third-order valence-electron chi connectivity index (χ3n) is 12.5. The van der Waals surface area contributed by atoms with Crippen molar-refractivity contribution >= 4 is 44.6 Å². The number of benzene rings is 7. The predicted octanol–water partition coefficient (Wildman–Crippen LogP) is 14.1. The number of ether oxygens (including phenoxy) is 1. The fourth-order valence-electron chi connectivity index (χ4n) is 9.41. The normalized spacial score (nSPS) is 13.7. The van der Waals surface area contributed by atoms with Crippen LogP contribution in [0.15, 0.2) is 158 Å². The molecular weight excluding hydrogens is 954 g/mol. The largest absolute Gasteiger partial charge is 0.509 e. The molecule has 0 amide bonds. The van der Waals surface area contributed by atoms with Gasteiger partial charge in [-0.1, -0.05) is 119 Å². The van der Waals surface area contributed by atoms with Gasteiger partial charge in [-0.05, 0) is 81.1 Å². The number of fused-ring (bicyclic) bond motifs is 7. The molecule has 0 radical (unpaired) electrons. The molecule has 3 heterocycles. The van der Waals surface area contributed by atoms with E-state index in [2.05, 4.69) is 183 Å². The zero-order valence-electron chi connectivity index (χ0n) is 35.5. The molecule has 2 aliphatic rings. The van der Waals surface area contributed by atoms with E-state index >= 15 is 0 Å². The van der Waals surface area contributed by atoms with E-state index in [-0.39, 0.29) is 31.9 Å². The minimum Gasteiger partial charge on any atom is -0.509 e. The molecule has 1 aliphatic carbocycles. The van der Waals surface area contributed by atoms with Gasteiger partial charge in [-0.2, -0.15) is 17.4 Å². The average Bonchev–Trinajstić information content (AvgIpc) is 3.91. The Morgan fingerprint density at radius 3 is 2.22 bits per heavy atom. The standard InChI is InChI=1S/C56H42N5O.Pt/c1-55(2,3)38-28-29-58-52(31-38)61-48-27-22-36(34-57)30-45(48)43-24-23-41(33-51(43)61)62-40-17-13-16-39(32-40)59-35-60(50-21-12-11-20-49(50)59)54-42(37-14-7-6-8-15-37)25-26-47-53(54)44-18-9-10-19-46(44)56(47,4)5;/h6-31,35H,1-5H3;/q-3;. The summed E-state index contributed by atoms with van der Waals surface area (Å²) in [5.74, 6) is 1.89. The summed E-state index contributed by atoms with van der Waals surface area (Å²) in [5, 5.41) is 11.7. The summed E-state index contributed by atoms with van der Waals surface area (Å²) < 4.78 is 8.76. The van der Waals surface area contributed by atoms with Crippen LogP contribution in [0.4, 0.5) is 22.7 Å². The maximum atomic E-state index is 9.80. The summed E-state index contributed by atoms with van der Waals surface area (Å²) in [5.41, 5.74) is 14.9. The van der Waals surface area contributed by atoms with Crippen LogP contribution in [0.3, 0.4) is 0 Å². The number of anilines is 4. The van der Waals surface area contributed by atoms with Gasteiger partial charge in [0.15, 0.2) is 0 Å². The Morgan fingerprint density at radius 1 is 0.683 bits per heavy atom. The van der Waals surface area contributed by atoms with Gasteiger partial charge in [-0.15, -0.1) is 48.1 Å². The molecule has 0 unspecified atom stereocenters. The second-order valence-corrected chi connectivity index (χ2v) is 17.7. The first-order valence-electron chi connectivity index (χ1n) is 21.0. The van der Waals surface area contributed by atoms with Crippen LogP contribution in [0.25, 0.3) is 49.9 Å². The molecule has 0 saturated heterocycles. The number of para-hydroxylation sites is 2. The van der Waals surface area contributed by atoms with Gasteiger partial charge in [0, 0.05) is 77.9 Å². The van der Waals surface area contributed by atoms with Gasteiger partial charge >= 0.3 is 0 Å². The monoisotopic (exact) mass is 995 g/mol. The molecule has 1 aliphatic heterocycles. The Bertz CT molecular complexity index is 3300. The molecule has 2 aromatic heterocycles. The Balaban J connectivity index is 0.00000471. The number of aromatic nitrogens is 2. The fourth-order valence-corrected chi connectivity index (χ4v) is 9.41. The molecule has 0 N–H and O–H groups in total. The molecule has 0 atom stereocenters. The third-order valence-corrected chi connectivity index (χ3v) is 12.5. The van der Waals surface area contributed by atoms with Crippen LogP contribution in [-0.2, 0) is 31.9 Å². The van der Waals surface area contributed by atoms with E-state index in [1.807, 2.05) is 48.7 Å². The SMILES string of the molecule is CC(C)(C)c1ccnc(-n2c3[c-]c(Oc4[c-]c(N5[CH-]N(c6c(-c7ccccc7)ccc7c6-c6ccccc6C7(C)C)c6ccccc65)ccc4)ccc3c3cc(C#N)ccc32)c1.[Pt]. The van der Waals surface area contributed by atoms with Crippen LogP contribution >= 0.6 is 0 Å². The van der Waals surface area contributed by atoms with Crippen LogP contribution in [0, 0.1) is 30.1 Å². The van der Waals surface area contributed by atoms with E-state index in [1.165, 1.54) is 33.4 Å². The molecule has 7 aromatic carbocycles. The number of rotatable bonds is 6. The van der Waals surface area contributed by atoms with Gasteiger partial charge in [0.25, 0.3) is 0 Å². The number of nitriles is 1. The second kappa shape index (κ2) is 15.2. The molecule has 6 nitrogen and oxygen atoms in total. The molecule has 7 heteroatoms. The molecule has 0 spiro atoms. The molecule has 0 fully saturated rings. The number of hydrogen-bond donors (Lipinski definition) is 0. The van der Waals surface area contributed by atoms with Gasteiger partial charge in [0.2, 0.25) is 0 Å². The van der Waals surface area contributed by atoms with Crippen LogP contribution in [0.5, 0.6) is 11.5 Å². The molecule has 0 saturated carbocycles. The van der Waals surface area contributed by atoms with Gasteiger partial charge in [-0.25, -0.2) is 4.98 Å². The van der Waals surface area contributed by atoms with Crippen molar-refractivity contribution in [1.82, 2.24) is 9.55 Å². The van der Waals surface area contributed by atoms with Gasteiger partial charge in [0.1, 0.15) is 5.82 Å². The summed E-state index contributed by atoms with van der Waals surface area (Å²) >= 11 is 0. The van der Waals surface area contributed by atoms with E-state index in [1.54, 1.807) is 0 Å². The molecule has 11 rings (SSSR count). The van der Waals surface area contributed by atoms with E-state index in [0.717, 1.165) is 55.9 Å². The molecule has 310 valence electrons. The first kappa shape index (κ1) is 40.2. The van der Waals surface area contributed by atoms with Crippen LogP contribution in [0.1, 0.15) is 56.9 Å². The predicted molar refractivity (Wildman–Crippen MR) is 251 cm³/mol. The quantitative estimate of drug-likeness (QED) is 0.155. The van der Waals surface area contributed by atoms with Crippen LogP contribution < -0.4 is 14.5 Å². The van der Waals surface area contributed by atoms with Crippen molar-refractivity contribution in [3.8, 4) is 45.6 Å². The number of pyridine rings is 1. The minimum atomic E-state index is -0.158. The van der Waals surface area contributed by atoms with Crippen LogP contribution in [-0.4, -0.2) is 9.55 Å². The van der Waals surface area contributed by atoms with Gasteiger partial charge in [-0.3, -0.25) is 0 Å². The van der Waals surface area contributed by atoms with E-state index < -0.39 is 0 Å². The smallest absolute Gasteiger partial charge is 0.135 e. The second-order valence-electron chi connectivity index (χ2n) is 17.7. The average molecular weight is 996 g/mol. The minimum absolute atomic E-state index is 0. The Hall–Kier alpha value is -6.93. The maximum absolute atomic E-state index is 9.80. The third kappa shape index (κ3) is 6.53. The van der Waals surface area contributed by atoms with Crippen molar-refractivity contribution in [1.29, 1.82) is 5.26 Å². The Kier molecular flexibility index (Phi) is 9.66. The first-order valence-corrected chi connectivity index (χ1v) is 21.0. The van der Waals surface area contributed by atoms with E-state index in [0.29, 0.717) is 17.1 Å². The maximum Gasteiger partial charge on any atom is 0.135 e. The van der Waals surface area contributed by atoms with Crippen molar-refractivity contribution < 1.29 is 25.8 Å². The van der Waals surface area contributed by atoms with E-state index in [9.17, 15) is 5.26 Å². The fraction of sp³-hybridized carbons (Fsp3) is 0.125. The molecule has 9 aromatic rings. The van der Waals surface area contributed by atoms with Gasteiger partial charge in [0.05, 0.1) is 11.6 Å². The summed E-state index contributed by atoms with van der Waals surface area (Å²) in [7, 11) is 0. The van der Waals surface area contributed by atoms with Gasteiger partial charge < -0.3 is 19.1 Å². The van der Waals surface area contributed by atoms with E-state index in [4.69, 9.17) is 9.72 Å². The Labute approximate surface area is 382 Å². The van der Waals surface area contributed by atoms with Crippen molar-refractivity contribution in [3.63, 3.8) is 0 Å². The summed E-state index contributed by atoms with van der Waals surface area (Å²) in [4.78, 5) is 9.39. The summed E-state index contributed by atoms with van der Waals surface area (Å²) in [6.07, 6.45) is 1.86. The van der Waals surface area contributed by atoms with Crippen molar-refractivity contribution in [2.45, 2.75) is 45.4 Å². The molecule has 63 heavy (non-hydrogen) atoms. The Morgan fingerprint density at radius 2 is 1.43 bits per heavy atom. The summed E-state index contributed by atoms with van der Waals surface area (Å²) in [6.45, 7) is 13.5. The zero-order valence-corrected chi connectivity index (χ0v) is 37.8. The van der Waals surface area contributed by atoms with Crippen LogP contribution in [0.2, 0.25) is 0 Å². The summed E-state index contributed by atoms with van der Waals surface area (Å²) in [6, 6.07) is 62.2.